The number of rotatable bonds is 10. The second kappa shape index (κ2) is 11.2. The first-order valence-electron chi connectivity index (χ1n) is 12.6. The molecule has 2 atom stereocenters. The maximum Gasteiger partial charge on any atom is 0.232 e. The highest BCUT2D eigenvalue weighted by Gasteiger charge is 2.28. The number of anilines is 1. The van der Waals surface area contributed by atoms with Crippen LogP contribution in [0.3, 0.4) is 0 Å². The fourth-order valence-electron chi connectivity index (χ4n) is 5.19. The highest BCUT2D eigenvalue weighted by atomic mass is 16.5. The lowest BCUT2D eigenvalue weighted by Gasteiger charge is -2.28. The molecule has 2 aliphatic rings. The lowest BCUT2D eigenvalue weighted by atomic mass is 10.0. The summed E-state index contributed by atoms with van der Waals surface area (Å²) >= 11 is 0. The summed E-state index contributed by atoms with van der Waals surface area (Å²) in [5.41, 5.74) is 4.23. The van der Waals surface area contributed by atoms with E-state index < -0.39 is 6.10 Å². The molecular weight excluding hydrogens is 426 g/mol. The maximum absolute atomic E-state index is 11.0. The Balaban J connectivity index is 1.40. The maximum atomic E-state index is 11.0. The first-order valence-corrected chi connectivity index (χ1v) is 12.6. The van der Waals surface area contributed by atoms with E-state index in [1.54, 1.807) is 0 Å². The molecule has 0 spiro atoms. The summed E-state index contributed by atoms with van der Waals surface area (Å²) in [6.45, 7) is 4.87. The Morgan fingerprint density at radius 1 is 1.00 bits per heavy atom. The number of benzene rings is 2. The minimum absolute atomic E-state index is 0.208. The van der Waals surface area contributed by atoms with Crippen molar-refractivity contribution in [2.75, 3.05) is 37.7 Å². The third-order valence-corrected chi connectivity index (χ3v) is 6.86. The summed E-state index contributed by atoms with van der Waals surface area (Å²) in [4.78, 5) is 4.65. The molecule has 2 fully saturated rings. The van der Waals surface area contributed by atoms with Gasteiger partial charge in [0.05, 0.1) is 17.8 Å². The van der Waals surface area contributed by atoms with Gasteiger partial charge >= 0.3 is 0 Å². The predicted octanol–water partition coefficient (Wildman–Crippen LogP) is 4.53. The topological polar surface area (TPSA) is 62.0 Å². The highest BCUT2D eigenvalue weighted by Crippen LogP contribution is 2.34. The van der Waals surface area contributed by atoms with Crippen LogP contribution in [-0.2, 0) is 17.7 Å². The van der Waals surface area contributed by atoms with E-state index in [0.29, 0.717) is 19.5 Å². The van der Waals surface area contributed by atoms with Gasteiger partial charge in [0.1, 0.15) is 5.69 Å². The van der Waals surface area contributed by atoms with Crippen LogP contribution >= 0.6 is 0 Å². The first-order chi connectivity index (χ1) is 16.8. The van der Waals surface area contributed by atoms with Gasteiger partial charge in [-0.15, -0.1) is 0 Å². The van der Waals surface area contributed by atoms with Crippen LogP contribution in [0.2, 0.25) is 0 Å². The molecule has 2 saturated heterocycles. The average molecular weight is 462 g/mol. The molecule has 1 aromatic heterocycles. The lowest BCUT2D eigenvalue weighted by molar-refractivity contribution is 0.0465. The molecule has 34 heavy (non-hydrogen) atoms. The summed E-state index contributed by atoms with van der Waals surface area (Å²) < 4.78 is 11.9. The van der Waals surface area contributed by atoms with Gasteiger partial charge in [-0.05, 0) is 37.7 Å². The van der Waals surface area contributed by atoms with Crippen LogP contribution in [0.1, 0.15) is 36.8 Å². The quantitative estimate of drug-likeness (QED) is 0.479. The normalized spacial score (nSPS) is 19.2. The van der Waals surface area contributed by atoms with Crippen LogP contribution in [-0.4, -0.2) is 60.2 Å². The molecule has 0 bridgehead atoms. The molecular formula is C28H35N3O3. The molecule has 2 aliphatic heterocycles. The van der Waals surface area contributed by atoms with Gasteiger partial charge in [0, 0.05) is 44.9 Å². The molecule has 0 saturated carbocycles. The highest BCUT2D eigenvalue weighted by molar-refractivity contribution is 5.68. The van der Waals surface area contributed by atoms with Crippen molar-refractivity contribution >= 4 is 5.88 Å². The van der Waals surface area contributed by atoms with Crippen LogP contribution in [0.15, 0.2) is 65.2 Å². The smallest absolute Gasteiger partial charge is 0.232 e. The van der Waals surface area contributed by atoms with E-state index in [4.69, 9.17) is 9.26 Å². The van der Waals surface area contributed by atoms with Crippen molar-refractivity contribution in [3.05, 3.63) is 71.8 Å². The summed E-state index contributed by atoms with van der Waals surface area (Å²) in [5, 5.41) is 15.5. The number of nitrogens with zero attached hydrogens (tertiary/aromatic N) is 3. The minimum atomic E-state index is -0.459. The number of ether oxygens (including phenoxy) is 1. The number of hydrogen-bond acceptors (Lipinski definition) is 6. The Hall–Kier alpha value is -2.67. The second-order valence-corrected chi connectivity index (χ2v) is 9.55. The van der Waals surface area contributed by atoms with Crippen LogP contribution < -0.4 is 4.90 Å². The predicted molar refractivity (Wildman–Crippen MR) is 134 cm³/mol. The Kier molecular flexibility index (Phi) is 7.59. The molecule has 0 unspecified atom stereocenters. The van der Waals surface area contributed by atoms with E-state index in [1.807, 2.05) is 36.4 Å². The first kappa shape index (κ1) is 23.1. The van der Waals surface area contributed by atoms with E-state index >= 15 is 0 Å². The fraction of sp³-hybridized carbons (Fsp3) is 0.464. The van der Waals surface area contributed by atoms with Crippen molar-refractivity contribution in [3.8, 4) is 11.3 Å². The third-order valence-electron chi connectivity index (χ3n) is 6.86. The Morgan fingerprint density at radius 2 is 1.74 bits per heavy atom. The van der Waals surface area contributed by atoms with E-state index in [9.17, 15) is 5.11 Å². The van der Waals surface area contributed by atoms with Crippen LogP contribution in [0.4, 0.5) is 5.88 Å². The molecule has 6 nitrogen and oxygen atoms in total. The standard InChI is InChI=1S/C28H35N3O3/c32-24(18-22-10-3-1-4-11-22)19-30(20-25-14-9-17-33-25)21-26-27(23-12-5-2-6-13-23)29-34-28(26)31-15-7-8-16-31/h1-6,10-13,24-25,32H,7-9,14-21H2/t24-,25+/m0/s1. The van der Waals surface area contributed by atoms with Gasteiger partial charge in [-0.25, -0.2) is 0 Å². The largest absolute Gasteiger partial charge is 0.391 e. The van der Waals surface area contributed by atoms with Gasteiger partial charge < -0.3 is 19.3 Å². The third kappa shape index (κ3) is 5.69. The summed E-state index contributed by atoms with van der Waals surface area (Å²) in [7, 11) is 0. The molecule has 1 N–H and O–H groups in total. The van der Waals surface area contributed by atoms with Gasteiger partial charge in [0.2, 0.25) is 5.88 Å². The van der Waals surface area contributed by atoms with Gasteiger partial charge in [0.15, 0.2) is 0 Å². The Morgan fingerprint density at radius 3 is 2.44 bits per heavy atom. The molecule has 0 radical (unpaired) electrons. The molecule has 3 heterocycles. The molecule has 0 aliphatic carbocycles. The summed E-state index contributed by atoms with van der Waals surface area (Å²) in [6.07, 6.45) is 4.91. The van der Waals surface area contributed by atoms with Gasteiger partial charge in [0.25, 0.3) is 0 Å². The molecule has 0 amide bonds. The summed E-state index contributed by atoms with van der Waals surface area (Å²) in [5.74, 6) is 0.881. The van der Waals surface area contributed by atoms with Crippen molar-refractivity contribution in [1.29, 1.82) is 0 Å². The molecule has 5 rings (SSSR count). The number of aliphatic hydroxyl groups excluding tert-OH is 1. The minimum Gasteiger partial charge on any atom is -0.391 e. The summed E-state index contributed by atoms with van der Waals surface area (Å²) in [6, 6.07) is 20.5. The SMILES string of the molecule is O[C@@H](Cc1ccccc1)CN(Cc1c(-c2ccccc2)noc1N1CCCC1)C[C@H]1CCCO1. The van der Waals surface area contributed by atoms with E-state index in [2.05, 4.69) is 39.2 Å². The van der Waals surface area contributed by atoms with Crippen LogP contribution in [0, 0.1) is 0 Å². The molecule has 180 valence electrons. The number of aliphatic hydroxyl groups is 1. The number of hydrogen-bond donors (Lipinski definition) is 1. The van der Waals surface area contributed by atoms with Gasteiger partial charge in [-0.3, -0.25) is 4.90 Å². The van der Waals surface area contributed by atoms with E-state index in [1.165, 1.54) is 12.8 Å². The fourth-order valence-corrected chi connectivity index (χ4v) is 5.19. The molecule has 6 heteroatoms. The zero-order chi connectivity index (χ0) is 23.2. The number of aromatic nitrogens is 1. The molecule has 2 aromatic carbocycles. The van der Waals surface area contributed by atoms with Gasteiger partial charge in [-0.1, -0.05) is 65.8 Å². The lowest BCUT2D eigenvalue weighted by Crippen LogP contribution is -2.38. The van der Waals surface area contributed by atoms with Crippen molar-refractivity contribution in [2.24, 2.45) is 0 Å². The van der Waals surface area contributed by atoms with Crippen molar-refractivity contribution in [2.45, 2.75) is 50.9 Å². The van der Waals surface area contributed by atoms with E-state index in [-0.39, 0.29) is 6.10 Å². The second-order valence-electron chi connectivity index (χ2n) is 9.55. The van der Waals surface area contributed by atoms with Crippen LogP contribution in [0.5, 0.6) is 0 Å². The monoisotopic (exact) mass is 461 g/mol. The Labute approximate surface area is 202 Å². The van der Waals surface area contributed by atoms with Crippen molar-refractivity contribution in [1.82, 2.24) is 10.1 Å². The average Bonchev–Trinajstić information content (AvgIpc) is 3.63. The Bertz CT molecular complexity index is 1010. The zero-order valence-corrected chi connectivity index (χ0v) is 19.8. The van der Waals surface area contributed by atoms with Crippen molar-refractivity contribution < 1.29 is 14.4 Å². The van der Waals surface area contributed by atoms with E-state index in [0.717, 1.165) is 67.4 Å². The zero-order valence-electron chi connectivity index (χ0n) is 19.8. The van der Waals surface area contributed by atoms with Gasteiger partial charge in [-0.2, -0.15) is 0 Å². The van der Waals surface area contributed by atoms with Crippen LogP contribution in [0.25, 0.3) is 11.3 Å². The molecule has 3 aromatic rings. The van der Waals surface area contributed by atoms with Crippen molar-refractivity contribution in [3.63, 3.8) is 0 Å².